The Labute approximate surface area is 565 Å². The second kappa shape index (κ2) is 43.4. The van der Waals surface area contributed by atoms with Crippen LogP contribution in [0.5, 0.6) is 23.0 Å². The van der Waals surface area contributed by atoms with E-state index in [1.807, 2.05) is 38.1 Å². The molecule has 0 radical (unpaired) electrons. The van der Waals surface area contributed by atoms with E-state index < -0.39 is 23.9 Å². The van der Waals surface area contributed by atoms with Crippen molar-refractivity contribution in [2.75, 3.05) is 0 Å². The van der Waals surface area contributed by atoms with Gasteiger partial charge in [0.15, 0.2) is 0 Å². The maximum atomic E-state index is 13.6. The number of hydrogen-bond donors (Lipinski definition) is 0. The van der Waals surface area contributed by atoms with Crippen LogP contribution in [-0.2, 0) is 25.7 Å². The molecule has 7 aromatic rings. The first kappa shape index (κ1) is 73.8. The standard InChI is InChI=1S/C86H110O8/c1-5-9-11-13-15-17-19-21-23-25-27-29-31-33-35-37-40-67-44-48-71(49-45-67)73-52-56-75(57-53-73)83(87)91-79-60-62-81(69(7-3)64-79)85(89)93-77-42-39-43-78(66-77)94-86(90)82-63-61-80(65-70(82)8-4)92-84(88)76-58-54-74(55-59-76)72-50-46-68(47-51-72)41-38-36-34-32-30-28-26-24-22-20-18-16-14-12-10-6-2/h39,42-66H,5-38,40-41H2,1-4H3. The number of carbonyl (C=O) groups is 4. The van der Waals surface area contributed by atoms with Gasteiger partial charge in [0.25, 0.3) is 0 Å². The highest BCUT2D eigenvalue weighted by atomic mass is 16.6. The number of ether oxygens (including phenoxy) is 4. The minimum Gasteiger partial charge on any atom is -0.423 e. The van der Waals surface area contributed by atoms with E-state index in [0.717, 1.165) is 35.1 Å². The molecule has 8 nitrogen and oxygen atoms in total. The van der Waals surface area contributed by atoms with Crippen molar-refractivity contribution in [2.45, 2.75) is 259 Å². The minimum absolute atomic E-state index is 0.178. The van der Waals surface area contributed by atoms with E-state index in [4.69, 9.17) is 18.9 Å². The smallest absolute Gasteiger partial charge is 0.343 e. The summed E-state index contributed by atoms with van der Waals surface area (Å²) < 4.78 is 23.2. The van der Waals surface area contributed by atoms with Crippen LogP contribution in [0.4, 0.5) is 0 Å². The molecule has 8 heteroatoms. The molecule has 0 fully saturated rings. The van der Waals surface area contributed by atoms with Gasteiger partial charge < -0.3 is 18.9 Å². The largest absolute Gasteiger partial charge is 0.423 e. The summed E-state index contributed by atoms with van der Waals surface area (Å²) in [6.45, 7) is 8.38. The van der Waals surface area contributed by atoms with Crippen LogP contribution in [0.25, 0.3) is 22.3 Å². The van der Waals surface area contributed by atoms with Gasteiger partial charge in [-0.15, -0.1) is 0 Å². The van der Waals surface area contributed by atoms with Crippen molar-refractivity contribution < 1.29 is 38.1 Å². The molecule has 0 atom stereocenters. The highest BCUT2D eigenvalue weighted by Crippen LogP contribution is 2.29. The van der Waals surface area contributed by atoms with Crippen LogP contribution in [0.3, 0.4) is 0 Å². The first-order chi connectivity index (χ1) is 46.1. The number of benzene rings is 7. The molecule has 0 unspecified atom stereocenters. The molecule has 0 saturated carbocycles. The summed E-state index contributed by atoms with van der Waals surface area (Å²) in [7, 11) is 0. The summed E-state index contributed by atoms with van der Waals surface area (Å²) in [4.78, 5) is 53.9. The molecule has 502 valence electrons. The lowest BCUT2D eigenvalue weighted by Crippen LogP contribution is -2.14. The van der Waals surface area contributed by atoms with Crippen LogP contribution >= 0.6 is 0 Å². The number of aryl methyl sites for hydroxylation is 4. The number of carbonyl (C=O) groups excluding carboxylic acids is 4. The summed E-state index contributed by atoms with van der Waals surface area (Å²) in [5.74, 6) is -1.25. The summed E-state index contributed by atoms with van der Waals surface area (Å²) in [5, 5.41) is 0. The van der Waals surface area contributed by atoms with Crippen LogP contribution in [0.1, 0.15) is 297 Å². The van der Waals surface area contributed by atoms with Crippen molar-refractivity contribution in [2.24, 2.45) is 0 Å². The Kier molecular flexibility index (Phi) is 34.1. The van der Waals surface area contributed by atoms with Crippen LogP contribution < -0.4 is 18.9 Å². The minimum atomic E-state index is -0.614. The zero-order chi connectivity index (χ0) is 66.2. The van der Waals surface area contributed by atoms with E-state index in [-0.39, 0.29) is 11.5 Å². The summed E-state index contributed by atoms with van der Waals surface area (Å²) >= 11 is 0. The maximum absolute atomic E-state index is 13.6. The Bertz CT molecular complexity index is 3090. The Balaban J connectivity index is 0.784. The molecular weight excluding hydrogens is 1160 g/mol. The topological polar surface area (TPSA) is 105 Å². The van der Waals surface area contributed by atoms with Gasteiger partial charge in [-0.1, -0.05) is 299 Å². The number of rotatable bonds is 46. The van der Waals surface area contributed by atoms with E-state index in [9.17, 15) is 19.2 Å². The maximum Gasteiger partial charge on any atom is 0.343 e. The first-order valence-electron chi connectivity index (χ1n) is 36.8. The lowest BCUT2D eigenvalue weighted by molar-refractivity contribution is 0.0722. The lowest BCUT2D eigenvalue weighted by Gasteiger charge is -2.13. The third kappa shape index (κ3) is 26.7. The zero-order valence-electron chi connectivity index (χ0n) is 57.7. The molecule has 0 spiro atoms. The van der Waals surface area contributed by atoms with Crippen LogP contribution in [0.2, 0.25) is 0 Å². The van der Waals surface area contributed by atoms with Crippen LogP contribution in [-0.4, -0.2) is 23.9 Å². The molecule has 0 aliphatic carbocycles. The molecule has 7 rings (SSSR count). The fraction of sp³-hybridized carbons (Fsp3) is 0.465. The first-order valence-corrected chi connectivity index (χ1v) is 36.8. The molecule has 0 bridgehead atoms. The third-order valence-corrected chi connectivity index (χ3v) is 18.5. The summed E-state index contributed by atoms with van der Waals surface area (Å²) in [6, 6.07) is 48.4. The Morgan fingerprint density at radius 2 is 0.511 bits per heavy atom. The molecule has 0 aliphatic rings. The molecule has 0 N–H and O–H groups in total. The molecule has 0 saturated heterocycles. The van der Waals surface area contributed by atoms with Crippen molar-refractivity contribution in [3.63, 3.8) is 0 Å². The molecule has 94 heavy (non-hydrogen) atoms. The molecule has 7 aromatic carbocycles. The van der Waals surface area contributed by atoms with Crippen molar-refractivity contribution >= 4 is 23.9 Å². The summed E-state index contributed by atoms with van der Waals surface area (Å²) in [5.41, 5.74) is 9.66. The van der Waals surface area contributed by atoms with Crippen molar-refractivity contribution in [1.29, 1.82) is 0 Å². The monoisotopic (exact) mass is 1270 g/mol. The van der Waals surface area contributed by atoms with Gasteiger partial charge in [0.05, 0.1) is 22.3 Å². The number of esters is 4. The van der Waals surface area contributed by atoms with E-state index >= 15 is 0 Å². The Morgan fingerprint density at radius 1 is 0.255 bits per heavy atom. The second-order valence-electron chi connectivity index (χ2n) is 26.0. The number of unbranched alkanes of at least 4 members (excludes halogenated alkanes) is 30. The quantitative estimate of drug-likeness (QED) is 0.0211. The zero-order valence-corrected chi connectivity index (χ0v) is 57.7. The molecule has 0 aliphatic heterocycles. The number of hydrogen-bond acceptors (Lipinski definition) is 8. The normalized spacial score (nSPS) is 11.2. The lowest BCUT2D eigenvalue weighted by atomic mass is 9.99. The third-order valence-electron chi connectivity index (χ3n) is 18.5. The fourth-order valence-corrected chi connectivity index (χ4v) is 12.6. The Hall–Kier alpha value is -7.58. The molecule has 0 amide bonds. The Morgan fingerprint density at radius 3 is 0.798 bits per heavy atom. The van der Waals surface area contributed by atoms with E-state index in [1.54, 1.807) is 78.9 Å². The van der Waals surface area contributed by atoms with Gasteiger partial charge in [0, 0.05) is 6.07 Å². The van der Waals surface area contributed by atoms with Gasteiger partial charge in [0.1, 0.15) is 23.0 Å². The fourth-order valence-electron chi connectivity index (χ4n) is 12.6. The predicted octanol–water partition coefficient (Wildman–Crippen LogP) is 24.6. The van der Waals surface area contributed by atoms with Gasteiger partial charge in [-0.3, -0.25) is 0 Å². The van der Waals surface area contributed by atoms with Crippen molar-refractivity contribution in [3.8, 4) is 45.3 Å². The second-order valence-corrected chi connectivity index (χ2v) is 26.0. The highest BCUT2D eigenvalue weighted by Gasteiger charge is 2.20. The SMILES string of the molecule is CCCCCCCCCCCCCCCCCCc1ccc(-c2ccc(C(=O)Oc3ccc(C(=O)Oc4cccc(OC(=O)c5ccc(OC(=O)c6ccc(-c7ccc(CCCCCCCCCCCCCCCCCC)cc7)cc6)cc5CC)c4)c(CC)c3)cc2)cc1. The van der Waals surface area contributed by atoms with E-state index in [1.165, 1.54) is 223 Å². The molecular formula is C86H110O8. The van der Waals surface area contributed by atoms with Gasteiger partial charge in [-0.25, -0.2) is 19.2 Å². The van der Waals surface area contributed by atoms with Gasteiger partial charge >= 0.3 is 23.9 Å². The van der Waals surface area contributed by atoms with Crippen LogP contribution in [0.15, 0.2) is 158 Å². The highest BCUT2D eigenvalue weighted by molar-refractivity contribution is 5.96. The average Bonchev–Trinajstić information content (AvgIpc) is 0.979. The van der Waals surface area contributed by atoms with Crippen molar-refractivity contribution in [1.82, 2.24) is 0 Å². The molecule has 0 aromatic heterocycles. The van der Waals surface area contributed by atoms with Gasteiger partial charge in [-0.2, -0.15) is 0 Å². The molecule has 0 heterocycles. The predicted molar refractivity (Wildman–Crippen MR) is 388 cm³/mol. The summed E-state index contributed by atoms with van der Waals surface area (Å²) in [6.07, 6.45) is 47.1. The van der Waals surface area contributed by atoms with Crippen LogP contribution in [0, 0.1) is 0 Å². The van der Waals surface area contributed by atoms with Gasteiger partial charge in [0.2, 0.25) is 0 Å². The van der Waals surface area contributed by atoms with E-state index in [2.05, 4.69) is 62.4 Å². The average molecular weight is 1270 g/mol. The van der Waals surface area contributed by atoms with Gasteiger partial charge in [-0.05, 0) is 156 Å². The van der Waals surface area contributed by atoms with E-state index in [0.29, 0.717) is 57.7 Å². The van der Waals surface area contributed by atoms with Crippen molar-refractivity contribution in [3.05, 3.63) is 202 Å².